The molecule has 1 atom stereocenters. The van der Waals surface area contributed by atoms with Crippen LogP contribution in [0, 0.1) is 0 Å². The first-order valence-corrected chi connectivity index (χ1v) is 12.2. The Morgan fingerprint density at radius 1 is 1.03 bits per heavy atom. The van der Waals surface area contributed by atoms with E-state index in [2.05, 4.69) is 25.9 Å². The maximum atomic E-state index is 11.1. The van der Waals surface area contributed by atoms with Gasteiger partial charge in [-0.05, 0) is 35.9 Å². The second-order valence-electron chi connectivity index (χ2n) is 7.82. The number of aromatic nitrogens is 3. The van der Waals surface area contributed by atoms with Gasteiger partial charge in [0.25, 0.3) is 0 Å². The third kappa shape index (κ3) is 4.06. The molecule has 166 valence electrons. The standard InChI is InChI=1S/C23H23Cl2N5OS/c1-2-19-26-23-30(27-19)22(31)21(32-23)20(15-6-8-16(24)9-7-15)29-12-10-28(11-13-29)18-5-3-4-17(25)14-18/h3-9,14,20,31H,2,10-13H2,1H3. The third-order valence-corrected chi connectivity index (χ3v) is 7.41. The fourth-order valence-corrected chi connectivity index (χ4v) is 5.65. The van der Waals surface area contributed by atoms with E-state index >= 15 is 0 Å². The quantitative estimate of drug-likeness (QED) is 0.415. The summed E-state index contributed by atoms with van der Waals surface area (Å²) in [4.78, 5) is 10.9. The van der Waals surface area contributed by atoms with Crippen molar-refractivity contribution in [1.82, 2.24) is 19.5 Å². The van der Waals surface area contributed by atoms with Crippen LogP contribution in [0.1, 0.15) is 29.2 Å². The topological polar surface area (TPSA) is 56.9 Å². The average molecular weight is 488 g/mol. The molecular formula is C23H23Cl2N5OS. The lowest BCUT2D eigenvalue weighted by molar-refractivity contribution is 0.211. The summed E-state index contributed by atoms with van der Waals surface area (Å²) in [6, 6.07) is 15.7. The molecule has 4 aromatic rings. The van der Waals surface area contributed by atoms with E-state index in [4.69, 9.17) is 23.2 Å². The van der Waals surface area contributed by atoms with Crippen LogP contribution >= 0.6 is 34.5 Å². The van der Waals surface area contributed by atoms with Gasteiger partial charge in [0.2, 0.25) is 10.8 Å². The summed E-state index contributed by atoms with van der Waals surface area (Å²) in [5.41, 5.74) is 2.22. The fraction of sp³-hybridized carbons (Fsp3) is 0.304. The first-order valence-electron chi connectivity index (χ1n) is 10.6. The Bertz CT molecular complexity index is 1230. The zero-order chi connectivity index (χ0) is 22.2. The normalized spacial score (nSPS) is 16.0. The Labute approximate surface area is 200 Å². The van der Waals surface area contributed by atoms with E-state index in [1.165, 1.54) is 11.3 Å². The molecule has 1 aliphatic rings. The molecule has 1 N–H and O–H groups in total. The number of benzene rings is 2. The molecule has 9 heteroatoms. The average Bonchev–Trinajstić information content (AvgIpc) is 3.35. The number of halogens is 2. The van der Waals surface area contributed by atoms with Crippen molar-refractivity contribution in [3.8, 4) is 5.88 Å². The number of thiazole rings is 1. The molecule has 0 aliphatic carbocycles. The van der Waals surface area contributed by atoms with Crippen LogP contribution in [0.2, 0.25) is 10.0 Å². The monoisotopic (exact) mass is 487 g/mol. The van der Waals surface area contributed by atoms with Gasteiger partial charge in [-0.15, -0.1) is 5.10 Å². The van der Waals surface area contributed by atoms with Gasteiger partial charge in [-0.3, -0.25) is 4.90 Å². The molecule has 3 heterocycles. The maximum Gasteiger partial charge on any atom is 0.230 e. The van der Waals surface area contributed by atoms with Crippen molar-refractivity contribution in [2.45, 2.75) is 19.4 Å². The highest BCUT2D eigenvalue weighted by Gasteiger charge is 2.31. The molecule has 1 fully saturated rings. The number of aryl methyl sites for hydroxylation is 1. The highest BCUT2D eigenvalue weighted by Crippen LogP contribution is 2.40. The van der Waals surface area contributed by atoms with Crippen molar-refractivity contribution >= 4 is 45.2 Å². The molecule has 0 saturated carbocycles. The SMILES string of the molecule is CCc1nc2sc(C(c3ccc(Cl)cc3)N3CCN(c4cccc(Cl)c4)CC3)c(O)n2n1. The van der Waals surface area contributed by atoms with Crippen LogP contribution in [0.5, 0.6) is 5.88 Å². The summed E-state index contributed by atoms with van der Waals surface area (Å²) in [6.45, 7) is 5.42. The van der Waals surface area contributed by atoms with Crippen molar-refractivity contribution in [3.63, 3.8) is 0 Å². The summed E-state index contributed by atoms with van der Waals surface area (Å²) >= 11 is 13.8. The molecule has 32 heavy (non-hydrogen) atoms. The van der Waals surface area contributed by atoms with Gasteiger partial charge in [-0.2, -0.15) is 4.52 Å². The van der Waals surface area contributed by atoms with E-state index < -0.39 is 0 Å². The van der Waals surface area contributed by atoms with Gasteiger partial charge in [0.05, 0.1) is 10.9 Å². The number of rotatable bonds is 5. The van der Waals surface area contributed by atoms with Gasteiger partial charge in [0.1, 0.15) is 0 Å². The van der Waals surface area contributed by atoms with Crippen molar-refractivity contribution in [2.24, 2.45) is 0 Å². The van der Waals surface area contributed by atoms with Crippen LogP contribution in [0.3, 0.4) is 0 Å². The molecule has 1 saturated heterocycles. The van der Waals surface area contributed by atoms with Crippen molar-refractivity contribution in [2.75, 3.05) is 31.1 Å². The number of fused-ring (bicyclic) bond motifs is 1. The van der Waals surface area contributed by atoms with Gasteiger partial charge >= 0.3 is 0 Å². The Morgan fingerprint density at radius 3 is 2.44 bits per heavy atom. The number of piperazine rings is 1. The summed E-state index contributed by atoms with van der Waals surface area (Å²) in [5, 5.41) is 17.0. The Morgan fingerprint density at radius 2 is 1.78 bits per heavy atom. The van der Waals surface area contributed by atoms with E-state index in [-0.39, 0.29) is 11.9 Å². The summed E-state index contributed by atoms with van der Waals surface area (Å²) in [6.07, 6.45) is 0.731. The van der Waals surface area contributed by atoms with Crippen molar-refractivity contribution in [1.29, 1.82) is 0 Å². The van der Waals surface area contributed by atoms with Gasteiger partial charge in [0.15, 0.2) is 5.82 Å². The molecule has 5 rings (SSSR count). The molecule has 2 aromatic carbocycles. The second kappa shape index (κ2) is 8.90. The number of nitrogens with zero attached hydrogens (tertiary/aromatic N) is 5. The largest absolute Gasteiger partial charge is 0.492 e. The van der Waals surface area contributed by atoms with E-state index in [1.807, 2.05) is 49.4 Å². The zero-order valence-corrected chi connectivity index (χ0v) is 19.9. The van der Waals surface area contributed by atoms with Gasteiger partial charge in [-0.25, -0.2) is 4.98 Å². The molecule has 2 aromatic heterocycles. The first kappa shape index (κ1) is 21.5. The van der Waals surface area contributed by atoms with E-state index in [0.717, 1.165) is 59.6 Å². The Balaban J connectivity index is 1.47. The van der Waals surface area contributed by atoms with E-state index in [1.54, 1.807) is 4.52 Å². The smallest absolute Gasteiger partial charge is 0.230 e. The minimum Gasteiger partial charge on any atom is -0.492 e. The second-order valence-corrected chi connectivity index (χ2v) is 9.70. The van der Waals surface area contributed by atoms with Crippen LogP contribution < -0.4 is 4.90 Å². The summed E-state index contributed by atoms with van der Waals surface area (Å²) in [7, 11) is 0. The van der Waals surface area contributed by atoms with Crippen molar-refractivity contribution < 1.29 is 5.11 Å². The molecule has 0 bridgehead atoms. The molecular weight excluding hydrogens is 465 g/mol. The number of anilines is 1. The lowest BCUT2D eigenvalue weighted by Crippen LogP contribution is -2.47. The van der Waals surface area contributed by atoms with E-state index in [0.29, 0.717) is 9.98 Å². The van der Waals surface area contributed by atoms with Crippen LogP contribution in [-0.4, -0.2) is 50.8 Å². The molecule has 0 spiro atoms. The third-order valence-electron chi connectivity index (χ3n) is 5.85. The Kier molecular flexibility index (Phi) is 5.99. The summed E-state index contributed by atoms with van der Waals surface area (Å²) < 4.78 is 1.56. The number of hydrogen-bond acceptors (Lipinski definition) is 6. The maximum absolute atomic E-state index is 11.1. The highest BCUT2D eigenvalue weighted by molar-refractivity contribution is 7.17. The lowest BCUT2D eigenvalue weighted by Gasteiger charge is -2.40. The van der Waals surface area contributed by atoms with Gasteiger partial charge in [-0.1, -0.05) is 59.7 Å². The zero-order valence-electron chi connectivity index (χ0n) is 17.6. The van der Waals surface area contributed by atoms with Gasteiger partial charge < -0.3 is 10.0 Å². The molecule has 0 amide bonds. The fourth-order valence-electron chi connectivity index (χ4n) is 4.20. The highest BCUT2D eigenvalue weighted by atomic mass is 35.5. The number of aromatic hydroxyl groups is 1. The van der Waals surface area contributed by atoms with Crippen LogP contribution in [-0.2, 0) is 6.42 Å². The molecule has 6 nitrogen and oxygen atoms in total. The predicted molar refractivity (Wildman–Crippen MR) is 130 cm³/mol. The molecule has 1 aliphatic heterocycles. The van der Waals surface area contributed by atoms with Crippen molar-refractivity contribution in [3.05, 3.63) is 74.8 Å². The van der Waals surface area contributed by atoms with Crippen LogP contribution in [0.25, 0.3) is 4.96 Å². The van der Waals surface area contributed by atoms with Crippen LogP contribution in [0.15, 0.2) is 48.5 Å². The summed E-state index contributed by atoms with van der Waals surface area (Å²) in [5.74, 6) is 0.894. The van der Waals surface area contributed by atoms with E-state index in [9.17, 15) is 5.11 Å². The molecule has 1 unspecified atom stereocenters. The molecule has 0 radical (unpaired) electrons. The number of hydrogen-bond donors (Lipinski definition) is 1. The minimum absolute atomic E-state index is 0.104. The Hall–Kier alpha value is -2.32. The van der Waals surface area contributed by atoms with Gasteiger partial charge in [0, 0.05) is 48.3 Å². The lowest BCUT2D eigenvalue weighted by atomic mass is 10.0. The van der Waals surface area contributed by atoms with Crippen LogP contribution in [0.4, 0.5) is 5.69 Å². The minimum atomic E-state index is -0.104. The predicted octanol–water partition coefficient (Wildman–Crippen LogP) is 5.28. The first-order chi connectivity index (χ1) is 15.5.